The number of ether oxygens (including phenoxy) is 1. The molecule has 0 fully saturated rings. The van der Waals surface area contributed by atoms with Gasteiger partial charge in [0.25, 0.3) is 11.8 Å². The second-order valence-corrected chi connectivity index (χ2v) is 6.49. The molecule has 0 saturated heterocycles. The fraction of sp³-hybridized carbons (Fsp3) is 0.300. The number of likely N-dealkylation sites (N-methyl/N-ethyl adjacent to an activating group) is 1. The molecule has 26 heavy (non-hydrogen) atoms. The van der Waals surface area contributed by atoms with Gasteiger partial charge in [-0.3, -0.25) is 9.59 Å². The molecule has 5 nitrogen and oxygen atoms in total. The van der Waals surface area contributed by atoms with E-state index in [9.17, 15) is 9.59 Å². The molecular weight excluding hydrogens is 352 g/mol. The molecule has 2 rings (SSSR count). The third kappa shape index (κ3) is 5.23. The van der Waals surface area contributed by atoms with E-state index in [1.807, 2.05) is 25.1 Å². The van der Waals surface area contributed by atoms with Crippen molar-refractivity contribution in [2.24, 2.45) is 0 Å². The zero-order valence-corrected chi connectivity index (χ0v) is 15.9. The molecular formula is C20H23ClN2O3. The molecule has 0 aromatic heterocycles. The van der Waals surface area contributed by atoms with E-state index in [-0.39, 0.29) is 24.5 Å². The van der Waals surface area contributed by atoms with Crippen LogP contribution in [0.25, 0.3) is 0 Å². The van der Waals surface area contributed by atoms with Gasteiger partial charge in [-0.2, -0.15) is 0 Å². The van der Waals surface area contributed by atoms with Crippen LogP contribution in [0.3, 0.4) is 0 Å². The summed E-state index contributed by atoms with van der Waals surface area (Å²) in [6, 6.07) is 13.9. The third-order valence-corrected chi connectivity index (χ3v) is 4.22. The van der Waals surface area contributed by atoms with Crippen LogP contribution in [0.2, 0.25) is 5.02 Å². The van der Waals surface area contributed by atoms with Gasteiger partial charge in [0.2, 0.25) is 0 Å². The van der Waals surface area contributed by atoms with Gasteiger partial charge in [0.15, 0.2) is 6.61 Å². The number of rotatable bonds is 7. The van der Waals surface area contributed by atoms with Gasteiger partial charge < -0.3 is 15.0 Å². The van der Waals surface area contributed by atoms with Gasteiger partial charge in [-0.15, -0.1) is 0 Å². The number of nitrogens with zero attached hydrogens (tertiary/aromatic N) is 1. The first-order valence-electron chi connectivity index (χ1n) is 8.40. The predicted octanol–water partition coefficient (Wildman–Crippen LogP) is 3.69. The Labute approximate surface area is 158 Å². The SMILES string of the molecule is CCC(NC(=O)c1ccc(Cl)cc1)c1ccccc1OCC(=O)N(C)C. The lowest BCUT2D eigenvalue weighted by atomic mass is 10.0. The van der Waals surface area contributed by atoms with Crippen LogP contribution in [0.4, 0.5) is 0 Å². The molecule has 0 bridgehead atoms. The Bertz CT molecular complexity index is 760. The lowest BCUT2D eigenvalue weighted by Gasteiger charge is -2.21. The summed E-state index contributed by atoms with van der Waals surface area (Å²) in [6.07, 6.45) is 0.682. The minimum absolute atomic E-state index is 0.0500. The fourth-order valence-electron chi connectivity index (χ4n) is 2.41. The maximum atomic E-state index is 12.5. The normalized spacial score (nSPS) is 11.5. The Morgan fingerprint density at radius 2 is 1.77 bits per heavy atom. The molecule has 138 valence electrons. The number of para-hydroxylation sites is 1. The number of benzene rings is 2. The number of halogens is 1. The lowest BCUT2D eigenvalue weighted by Crippen LogP contribution is -2.30. The van der Waals surface area contributed by atoms with Crippen molar-refractivity contribution in [2.75, 3.05) is 20.7 Å². The van der Waals surface area contributed by atoms with Crippen molar-refractivity contribution in [3.8, 4) is 5.75 Å². The van der Waals surface area contributed by atoms with Crippen molar-refractivity contribution in [1.29, 1.82) is 0 Å². The zero-order valence-electron chi connectivity index (χ0n) is 15.2. The first kappa shape index (κ1) is 19.8. The maximum Gasteiger partial charge on any atom is 0.259 e. The van der Waals surface area contributed by atoms with Crippen molar-refractivity contribution < 1.29 is 14.3 Å². The maximum absolute atomic E-state index is 12.5. The molecule has 0 heterocycles. The van der Waals surface area contributed by atoms with E-state index < -0.39 is 0 Å². The summed E-state index contributed by atoms with van der Waals surface area (Å²) in [5.74, 6) is 0.275. The summed E-state index contributed by atoms with van der Waals surface area (Å²) in [5, 5.41) is 3.59. The zero-order chi connectivity index (χ0) is 19.1. The summed E-state index contributed by atoms with van der Waals surface area (Å²) in [4.78, 5) is 25.8. The summed E-state index contributed by atoms with van der Waals surface area (Å²) >= 11 is 5.87. The van der Waals surface area contributed by atoms with Crippen LogP contribution in [0.5, 0.6) is 5.75 Å². The molecule has 2 aromatic rings. The van der Waals surface area contributed by atoms with Crippen molar-refractivity contribution in [3.63, 3.8) is 0 Å². The highest BCUT2D eigenvalue weighted by Gasteiger charge is 2.18. The Morgan fingerprint density at radius 1 is 1.12 bits per heavy atom. The number of amides is 2. The van der Waals surface area contributed by atoms with Crippen molar-refractivity contribution in [3.05, 3.63) is 64.7 Å². The molecule has 2 aromatic carbocycles. The Kier molecular flexibility index (Phi) is 7.04. The fourth-order valence-corrected chi connectivity index (χ4v) is 2.54. The first-order chi connectivity index (χ1) is 12.4. The molecule has 0 spiro atoms. The van der Waals surface area contributed by atoms with Gasteiger partial charge in [-0.25, -0.2) is 0 Å². The number of carbonyl (C=O) groups excluding carboxylic acids is 2. The molecule has 1 N–H and O–H groups in total. The van der Waals surface area contributed by atoms with Crippen LogP contribution < -0.4 is 10.1 Å². The van der Waals surface area contributed by atoms with E-state index in [1.54, 1.807) is 44.4 Å². The monoisotopic (exact) mass is 374 g/mol. The number of carbonyl (C=O) groups is 2. The number of hydrogen-bond donors (Lipinski definition) is 1. The van der Waals surface area contributed by atoms with Crippen molar-refractivity contribution >= 4 is 23.4 Å². The molecule has 0 aliphatic carbocycles. The average molecular weight is 375 g/mol. The highest BCUT2D eigenvalue weighted by molar-refractivity contribution is 6.30. The van der Waals surface area contributed by atoms with Crippen LogP contribution in [0, 0.1) is 0 Å². The Morgan fingerprint density at radius 3 is 2.38 bits per heavy atom. The molecule has 0 saturated carbocycles. The Balaban J connectivity index is 2.15. The summed E-state index contributed by atoms with van der Waals surface area (Å²) in [6.45, 7) is 1.93. The van der Waals surface area contributed by atoms with E-state index in [2.05, 4.69) is 5.32 Å². The topological polar surface area (TPSA) is 58.6 Å². The standard InChI is InChI=1S/C20H23ClN2O3/c1-4-17(22-20(25)14-9-11-15(21)12-10-14)16-7-5-6-8-18(16)26-13-19(24)23(2)3/h5-12,17H,4,13H2,1-3H3,(H,22,25). The molecule has 1 unspecified atom stereocenters. The molecule has 1 atom stereocenters. The van der Waals surface area contributed by atoms with Gasteiger partial charge in [-0.05, 0) is 36.8 Å². The molecule has 6 heteroatoms. The summed E-state index contributed by atoms with van der Waals surface area (Å²) < 4.78 is 5.69. The smallest absolute Gasteiger partial charge is 0.259 e. The quantitative estimate of drug-likeness (QED) is 0.804. The first-order valence-corrected chi connectivity index (χ1v) is 8.78. The van der Waals surface area contributed by atoms with Gasteiger partial charge >= 0.3 is 0 Å². The summed E-state index contributed by atoms with van der Waals surface area (Å²) in [7, 11) is 3.36. The minimum atomic E-state index is -0.233. The van der Waals surface area contributed by atoms with Crippen LogP contribution >= 0.6 is 11.6 Å². The van der Waals surface area contributed by atoms with Crippen molar-refractivity contribution in [1.82, 2.24) is 10.2 Å². The van der Waals surface area contributed by atoms with Crippen LogP contribution in [0.1, 0.15) is 35.3 Å². The number of hydrogen-bond acceptors (Lipinski definition) is 3. The lowest BCUT2D eigenvalue weighted by molar-refractivity contribution is -0.130. The average Bonchev–Trinajstić information content (AvgIpc) is 2.64. The predicted molar refractivity (Wildman–Crippen MR) is 103 cm³/mol. The van der Waals surface area contributed by atoms with Gasteiger partial charge in [0.05, 0.1) is 6.04 Å². The largest absolute Gasteiger partial charge is 0.483 e. The second-order valence-electron chi connectivity index (χ2n) is 6.06. The number of nitrogens with one attached hydrogen (secondary N) is 1. The van der Waals surface area contributed by atoms with E-state index in [4.69, 9.17) is 16.3 Å². The molecule has 0 radical (unpaired) electrons. The third-order valence-electron chi connectivity index (χ3n) is 3.96. The van der Waals surface area contributed by atoms with Gasteiger partial charge in [0.1, 0.15) is 5.75 Å². The van der Waals surface area contributed by atoms with Gasteiger partial charge in [0, 0.05) is 30.2 Å². The van der Waals surface area contributed by atoms with E-state index in [1.165, 1.54) is 4.90 Å². The highest BCUT2D eigenvalue weighted by atomic mass is 35.5. The molecule has 0 aliphatic heterocycles. The second kappa shape index (κ2) is 9.25. The molecule has 0 aliphatic rings. The van der Waals surface area contributed by atoms with Crippen LogP contribution in [0.15, 0.2) is 48.5 Å². The van der Waals surface area contributed by atoms with Gasteiger partial charge in [-0.1, -0.05) is 36.7 Å². The Hall–Kier alpha value is -2.53. The summed E-state index contributed by atoms with van der Waals surface area (Å²) in [5.41, 5.74) is 1.37. The van der Waals surface area contributed by atoms with E-state index in [0.29, 0.717) is 22.8 Å². The molecule has 2 amide bonds. The minimum Gasteiger partial charge on any atom is -0.483 e. The van der Waals surface area contributed by atoms with Crippen molar-refractivity contribution in [2.45, 2.75) is 19.4 Å². The van der Waals surface area contributed by atoms with E-state index >= 15 is 0 Å². The van der Waals surface area contributed by atoms with Crippen LogP contribution in [-0.4, -0.2) is 37.4 Å². The highest BCUT2D eigenvalue weighted by Crippen LogP contribution is 2.27. The van der Waals surface area contributed by atoms with Crippen LogP contribution in [-0.2, 0) is 4.79 Å². The van der Waals surface area contributed by atoms with E-state index in [0.717, 1.165) is 5.56 Å².